The van der Waals surface area contributed by atoms with Crippen LogP contribution in [0.1, 0.15) is 51.0 Å². The van der Waals surface area contributed by atoms with E-state index in [-0.39, 0.29) is 11.8 Å². The Hall–Kier alpha value is -2.21. The molecule has 1 saturated carbocycles. The number of fused-ring (bicyclic) bond motifs is 1. The maximum Gasteiger partial charge on any atom is 0.230 e. The molecular weight excluding hydrogens is 358 g/mol. The van der Waals surface area contributed by atoms with Crippen molar-refractivity contribution >= 4 is 34.0 Å². The Bertz CT molecular complexity index is 855. The standard InChI is InChI=1S/C21H25N3O2S/c1-14(25)22-21-23-18(13-27-21)16-9-10-19-17(12-16)8-5-11-24(19)20(26)15-6-3-2-4-7-15/h9-10,12-13,15H,2-8,11H2,1H3,(H,22,23,25). The van der Waals surface area contributed by atoms with Crippen molar-refractivity contribution in [2.45, 2.75) is 51.9 Å². The second kappa shape index (κ2) is 7.80. The lowest BCUT2D eigenvalue weighted by Crippen LogP contribution is -2.40. The fraction of sp³-hybridized carbons (Fsp3) is 0.476. The smallest absolute Gasteiger partial charge is 0.230 e. The Balaban J connectivity index is 1.57. The number of nitrogens with one attached hydrogen (secondary N) is 1. The summed E-state index contributed by atoms with van der Waals surface area (Å²) in [6.45, 7) is 2.31. The van der Waals surface area contributed by atoms with Gasteiger partial charge in [0.2, 0.25) is 11.8 Å². The third-order valence-electron chi connectivity index (χ3n) is 5.50. The Morgan fingerprint density at radius 1 is 1.19 bits per heavy atom. The van der Waals surface area contributed by atoms with Crippen LogP contribution in [0.5, 0.6) is 0 Å². The number of hydrogen-bond acceptors (Lipinski definition) is 4. The topological polar surface area (TPSA) is 62.3 Å². The molecule has 6 heteroatoms. The van der Waals surface area contributed by atoms with E-state index in [1.54, 1.807) is 0 Å². The van der Waals surface area contributed by atoms with Crippen molar-refractivity contribution in [3.05, 3.63) is 29.1 Å². The maximum absolute atomic E-state index is 13.1. The van der Waals surface area contributed by atoms with E-state index in [0.29, 0.717) is 11.0 Å². The molecule has 1 fully saturated rings. The quantitative estimate of drug-likeness (QED) is 0.841. The first kappa shape index (κ1) is 18.2. The van der Waals surface area contributed by atoms with Crippen molar-refractivity contribution < 1.29 is 9.59 Å². The van der Waals surface area contributed by atoms with E-state index >= 15 is 0 Å². The van der Waals surface area contributed by atoms with Gasteiger partial charge in [-0.15, -0.1) is 11.3 Å². The van der Waals surface area contributed by atoms with Gasteiger partial charge in [0.15, 0.2) is 5.13 Å². The van der Waals surface area contributed by atoms with Crippen LogP contribution < -0.4 is 10.2 Å². The summed E-state index contributed by atoms with van der Waals surface area (Å²) in [5.41, 5.74) is 4.19. The largest absolute Gasteiger partial charge is 0.312 e. The first-order chi connectivity index (χ1) is 13.1. The molecule has 1 N–H and O–H groups in total. The fourth-order valence-corrected chi connectivity index (χ4v) is 4.94. The Morgan fingerprint density at radius 2 is 2.00 bits per heavy atom. The van der Waals surface area contributed by atoms with Crippen molar-refractivity contribution in [1.82, 2.24) is 4.98 Å². The SMILES string of the molecule is CC(=O)Nc1nc(-c2ccc3c(c2)CCCN3C(=O)C2CCCCC2)cs1. The van der Waals surface area contributed by atoms with Gasteiger partial charge in [0.05, 0.1) is 5.69 Å². The lowest BCUT2D eigenvalue weighted by molar-refractivity contribution is -0.123. The summed E-state index contributed by atoms with van der Waals surface area (Å²) in [5.74, 6) is 0.395. The predicted octanol–water partition coefficient (Wildman–Crippen LogP) is 4.63. The zero-order valence-corrected chi connectivity index (χ0v) is 16.5. The minimum atomic E-state index is -0.113. The van der Waals surface area contributed by atoms with Crippen LogP contribution in [0.4, 0.5) is 10.8 Å². The zero-order chi connectivity index (χ0) is 18.8. The minimum absolute atomic E-state index is 0.113. The van der Waals surface area contributed by atoms with Crippen LogP contribution in [-0.2, 0) is 16.0 Å². The Labute approximate surface area is 163 Å². The monoisotopic (exact) mass is 383 g/mol. The van der Waals surface area contributed by atoms with E-state index in [0.717, 1.165) is 49.2 Å². The fourth-order valence-electron chi connectivity index (χ4n) is 4.17. The van der Waals surface area contributed by atoms with E-state index in [2.05, 4.69) is 22.4 Å². The van der Waals surface area contributed by atoms with Gasteiger partial charge in [-0.3, -0.25) is 9.59 Å². The van der Waals surface area contributed by atoms with E-state index < -0.39 is 0 Å². The number of benzene rings is 1. The molecule has 2 heterocycles. The molecule has 5 nitrogen and oxygen atoms in total. The summed E-state index contributed by atoms with van der Waals surface area (Å²) < 4.78 is 0. The predicted molar refractivity (Wildman–Crippen MR) is 109 cm³/mol. The number of aromatic nitrogens is 1. The summed E-state index contributed by atoms with van der Waals surface area (Å²) in [5, 5.41) is 5.31. The zero-order valence-electron chi connectivity index (χ0n) is 15.7. The van der Waals surface area contributed by atoms with E-state index in [1.165, 1.54) is 43.1 Å². The molecule has 2 amide bonds. The Morgan fingerprint density at radius 3 is 2.78 bits per heavy atom. The average molecular weight is 384 g/mol. The van der Waals surface area contributed by atoms with Crippen LogP contribution >= 0.6 is 11.3 Å². The highest BCUT2D eigenvalue weighted by Crippen LogP contribution is 2.35. The molecule has 1 aromatic heterocycles. The van der Waals surface area contributed by atoms with Gasteiger partial charge in [-0.2, -0.15) is 0 Å². The van der Waals surface area contributed by atoms with E-state index in [1.807, 2.05) is 16.3 Å². The van der Waals surface area contributed by atoms with Crippen LogP contribution in [0.25, 0.3) is 11.3 Å². The average Bonchev–Trinajstić information content (AvgIpc) is 3.15. The molecule has 1 aliphatic heterocycles. The van der Waals surface area contributed by atoms with E-state index in [4.69, 9.17) is 0 Å². The van der Waals surface area contributed by atoms with Crippen molar-refractivity contribution in [3.8, 4) is 11.3 Å². The van der Waals surface area contributed by atoms with Crippen LogP contribution in [-0.4, -0.2) is 23.3 Å². The molecular formula is C21H25N3O2S. The summed E-state index contributed by atoms with van der Waals surface area (Å²) in [7, 11) is 0. The second-order valence-electron chi connectivity index (χ2n) is 7.49. The molecule has 0 saturated heterocycles. The molecule has 1 aromatic carbocycles. The number of hydrogen-bond donors (Lipinski definition) is 1. The molecule has 1 aliphatic carbocycles. The summed E-state index contributed by atoms with van der Waals surface area (Å²) >= 11 is 1.43. The van der Waals surface area contributed by atoms with Crippen molar-refractivity contribution in [2.75, 3.05) is 16.8 Å². The summed E-state index contributed by atoms with van der Waals surface area (Å²) in [4.78, 5) is 30.8. The van der Waals surface area contributed by atoms with Crippen molar-refractivity contribution in [3.63, 3.8) is 0 Å². The van der Waals surface area contributed by atoms with Gasteiger partial charge in [-0.1, -0.05) is 25.3 Å². The summed E-state index contributed by atoms with van der Waals surface area (Å²) in [6.07, 6.45) is 7.68. The molecule has 0 unspecified atom stereocenters. The molecule has 0 atom stereocenters. The van der Waals surface area contributed by atoms with Gasteiger partial charge in [-0.05, 0) is 43.4 Å². The number of anilines is 2. The van der Waals surface area contributed by atoms with Crippen LogP contribution in [0.15, 0.2) is 23.6 Å². The maximum atomic E-state index is 13.1. The second-order valence-corrected chi connectivity index (χ2v) is 8.35. The van der Waals surface area contributed by atoms with Crippen molar-refractivity contribution in [1.29, 1.82) is 0 Å². The van der Waals surface area contributed by atoms with Gasteiger partial charge in [0.25, 0.3) is 0 Å². The van der Waals surface area contributed by atoms with Crippen molar-refractivity contribution in [2.24, 2.45) is 5.92 Å². The van der Waals surface area contributed by atoms with E-state index in [9.17, 15) is 9.59 Å². The number of rotatable bonds is 3. The number of thiazole rings is 1. The molecule has 4 rings (SSSR count). The minimum Gasteiger partial charge on any atom is -0.312 e. The first-order valence-electron chi connectivity index (χ1n) is 9.79. The molecule has 0 radical (unpaired) electrons. The van der Waals surface area contributed by atoms with Gasteiger partial charge in [-0.25, -0.2) is 4.98 Å². The molecule has 2 aromatic rings. The number of amides is 2. The third kappa shape index (κ3) is 3.90. The normalized spacial score (nSPS) is 17.4. The van der Waals surface area contributed by atoms with Gasteiger partial charge < -0.3 is 10.2 Å². The first-order valence-corrected chi connectivity index (χ1v) is 10.7. The third-order valence-corrected chi connectivity index (χ3v) is 6.26. The molecule has 0 bridgehead atoms. The molecule has 142 valence electrons. The highest BCUT2D eigenvalue weighted by molar-refractivity contribution is 7.14. The highest BCUT2D eigenvalue weighted by Gasteiger charge is 2.29. The molecule has 0 spiro atoms. The molecule has 2 aliphatic rings. The summed E-state index contributed by atoms with van der Waals surface area (Å²) in [6, 6.07) is 6.27. The van der Waals surface area contributed by atoms with Gasteiger partial charge >= 0.3 is 0 Å². The lowest BCUT2D eigenvalue weighted by Gasteiger charge is -2.33. The van der Waals surface area contributed by atoms with Crippen LogP contribution in [0, 0.1) is 5.92 Å². The number of carbonyl (C=O) groups is 2. The van der Waals surface area contributed by atoms with Gasteiger partial charge in [0, 0.05) is 36.0 Å². The van der Waals surface area contributed by atoms with Crippen LogP contribution in [0.2, 0.25) is 0 Å². The number of aryl methyl sites for hydroxylation is 1. The lowest BCUT2D eigenvalue weighted by atomic mass is 9.87. The Kier molecular flexibility index (Phi) is 5.25. The van der Waals surface area contributed by atoms with Gasteiger partial charge in [0.1, 0.15) is 0 Å². The highest BCUT2D eigenvalue weighted by atomic mass is 32.1. The number of carbonyl (C=O) groups excluding carboxylic acids is 2. The molecule has 27 heavy (non-hydrogen) atoms. The van der Waals surface area contributed by atoms with Crippen LogP contribution in [0.3, 0.4) is 0 Å². The number of nitrogens with zero attached hydrogens (tertiary/aromatic N) is 2.